The fraction of sp³-hybridized carbons (Fsp3) is 0.136. The summed E-state index contributed by atoms with van der Waals surface area (Å²) in [5.41, 5.74) is 0.247. The molecule has 0 saturated carbocycles. The second-order valence-corrected chi connectivity index (χ2v) is 8.60. The molecule has 3 aromatic rings. The van der Waals surface area contributed by atoms with Crippen molar-refractivity contribution in [1.29, 1.82) is 0 Å². The maximum absolute atomic E-state index is 13.2. The molecule has 0 fully saturated rings. The van der Waals surface area contributed by atoms with Crippen LogP contribution >= 0.6 is 0 Å². The normalized spacial score (nSPS) is 11.7. The number of alkyl halides is 3. The Bertz CT molecular complexity index is 1160. The number of hydrogen-bond donors (Lipinski definition) is 1. The summed E-state index contributed by atoms with van der Waals surface area (Å²) in [6.07, 6.45) is -4.49. The Morgan fingerprint density at radius 1 is 0.903 bits per heavy atom. The zero-order chi connectivity index (χ0) is 22.6. The number of sulfonamides is 1. The SMILES string of the molecule is Cc1ccccc1N(CC(=O)Nc1ccc(C(F)(F)F)cc1)S(=O)(=O)c1ccccc1. The van der Waals surface area contributed by atoms with E-state index in [9.17, 15) is 26.4 Å². The van der Waals surface area contributed by atoms with Crippen LogP contribution in [0, 0.1) is 6.92 Å². The Kier molecular flexibility index (Phi) is 6.35. The summed E-state index contributed by atoms with van der Waals surface area (Å²) >= 11 is 0. The van der Waals surface area contributed by atoms with Gasteiger partial charge in [0.05, 0.1) is 16.1 Å². The number of anilines is 2. The zero-order valence-corrected chi connectivity index (χ0v) is 17.2. The average molecular weight is 448 g/mol. The molecule has 0 unspecified atom stereocenters. The molecule has 0 aliphatic carbocycles. The van der Waals surface area contributed by atoms with Gasteiger partial charge in [-0.2, -0.15) is 13.2 Å². The maximum Gasteiger partial charge on any atom is 0.416 e. The van der Waals surface area contributed by atoms with Gasteiger partial charge in [-0.15, -0.1) is 0 Å². The molecule has 0 radical (unpaired) electrons. The molecule has 0 saturated heterocycles. The minimum absolute atomic E-state index is 0.0144. The molecule has 0 atom stereocenters. The van der Waals surface area contributed by atoms with Crippen LogP contribution in [0.1, 0.15) is 11.1 Å². The summed E-state index contributed by atoms with van der Waals surface area (Å²) < 4.78 is 65.6. The lowest BCUT2D eigenvalue weighted by Crippen LogP contribution is -2.38. The number of carbonyl (C=O) groups excluding carboxylic acids is 1. The van der Waals surface area contributed by atoms with Crippen molar-refractivity contribution >= 4 is 27.3 Å². The van der Waals surface area contributed by atoms with E-state index in [-0.39, 0.29) is 10.6 Å². The van der Waals surface area contributed by atoms with Crippen LogP contribution in [0.15, 0.2) is 83.8 Å². The van der Waals surface area contributed by atoms with Crippen LogP contribution in [0.3, 0.4) is 0 Å². The number of hydrogen-bond acceptors (Lipinski definition) is 3. The van der Waals surface area contributed by atoms with E-state index in [0.29, 0.717) is 11.3 Å². The molecule has 3 aromatic carbocycles. The van der Waals surface area contributed by atoms with Crippen molar-refractivity contribution in [2.75, 3.05) is 16.2 Å². The van der Waals surface area contributed by atoms with E-state index in [0.717, 1.165) is 28.6 Å². The summed E-state index contributed by atoms with van der Waals surface area (Å²) in [7, 11) is -4.07. The van der Waals surface area contributed by atoms with Gasteiger partial charge >= 0.3 is 6.18 Å². The molecular weight excluding hydrogens is 429 g/mol. The van der Waals surface area contributed by atoms with Gasteiger partial charge in [0.25, 0.3) is 10.0 Å². The van der Waals surface area contributed by atoms with Crippen molar-refractivity contribution < 1.29 is 26.4 Å². The average Bonchev–Trinajstić information content (AvgIpc) is 2.73. The van der Waals surface area contributed by atoms with Crippen LogP contribution in [-0.4, -0.2) is 20.9 Å². The summed E-state index contributed by atoms with van der Waals surface area (Å²) in [4.78, 5) is 12.6. The molecule has 0 aromatic heterocycles. The fourth-order valence-electron chi connectivity index (χ4n) is 2.94. The molecule has 5 nitrogen and oxygen atoms in total. The van der Waals surface area contributed by atoms with Gasteiger partial charge < -0.3 is 5.32 Å². The first kappa shape index (κ1) is 22.4. The van der Waals surface area contributed by atoms with Crippen molar-refractivity contribution in [2.45, 2.75) is 18.0 Å². The van der Waals surface area contributed by atoms with Crippen LogP contribution in [0.4, 0.5) is 24.5 Å². The number of aryl methyl sites for hydroxylation is 1. The largest absolute Gasteiger partial charge is 0.416 e. The molecule has 1 amide bonds. The van der Waals surface area contributed by atoms with E-state index in [2.05, 4.69) is 5.32 Å². The van der Waals surface area contributed by atoms with Gasteiger partial charge in [0, 0.05) is 5.69 Å². The summed E-state index contributed by atoms with van der Waals surface area (Å²) in [5, 5.41) is 2.45. The summed E-state index contributed by atoms with van der Waals surface area (Å²) in [6, 6.07) is 18.3. The Labute approximate surface area is 178 Å². The van der Waals surface area contributed by atoms with E-state index in [1.807, 2.05) is 0 Å². The van der Waals surface area contributed by atoms with Gasteiger partial charge in [0.2, 0.25) is 5.91 Å². The predicted molar refractivity (Wildman–Crippen MR) is 112 cm³/mol. The maximum atomic E-state index is 13.2. The molecule has 0 spiro atoms. The van der Waals surface area contributed by atoms with Gasteiger partial charge in [0.1, 0.15) is 6.54 Å². The highest BCUT2D eigenvalue weighted by atomic mass is 32.2. The first-order valence-electron chi connectivity index (χ1n) is 9.19. The highest BCUT2D eigenvalue weighted by Crippen LogP contribution is 2.30. The quantitative estimate of drug-likeness (QED) is 0.586. The number of nitrogens with one attached hydrogen (secondary N) is 1. The smallest absolute Gasteiger partial charge is 0.325 e. The van der Waals surface area contributed by atoms with E-state index >= 15 is 0 Å². The molecule has 0 aliphatic rings. The summed E-state index contributed by atoms with van der Waals surface area (Å²) in [5.74, 6) is -0.692. The highest BCUT2D eigenvalue weighted by molar-refractivity contribution is 7.92. The molecule has 0 bridgehead atoms. The van der Waals surface area contributed by atoms with Gasteiger partial charge in [-0.3, -0.25) is 9.10 Å². The molecule has 31 heavy (non-hydrogen) atoms. The van der Waals surface area contributed by atoms with Crippen LogP contribution in [0.2, 0.25) is 0 Å². The lowest BCUT2D eigenvalue weighted by Gasteiger charge is -2.25. The minimum Gasteiger partial charge on any atom is -0.325 e. The highest BCUT2D eigenvalue weighted by Gasteiger charge is 2.30. The third-order valence-electron chi connectivity index (χ3n) is 4.50. The Hall–Kier alpha value is -3.33. The van der Waals surface area contributed by atoms with Gasteiger partial charge in [-0.05, 0) is 55.0 Å². The van der Waals surface area contributed by atoms with Crippen LogP contribution in [0.25, 0.3) is 0 Å². The van der Waals surface area contributed by atoms with E-state index < -0.39 is 34.2 Å². The third kappa shape index (κ3) is 5.24. The standard InChI is InChI=1S/C22H19F3N2O3S/c1-16-7-5-6-10-20(16)27(31(29,30)19-8-3-2-4-9-19)15-21(28)26-18-13-11-17(12-14-18)22(23,24)25/h2-14H,15H2,1H3,(H,26,28). The van der Waals surface area contributed by atoms with E-state index in [4.69, 9.17) is 0 Å². The molecular formula is C22H19F3N2O3S. The van der Waals surface area contributed by atoms with Gasteiger partial charge in [0.15, 0.2) is 0 Å². The topological polar surface area (TPSA) is 66.5 Å². The van der Waals surface area contributed by atoms with Crippen molar-refractivity contribution in [3.05, 3.63) is 90.0 Å². The Morgan fingerprint density at radius 2 is 1.48 bits per heavy atom. The number of carbonyl (C=O) groups is 1. The lowest BCUT2D eigenvalue weighted by atomic mass is 10.2. The Morgan fingerprint density at radius 3 is 2.06 bits per heavy atom. The first-order valence-corrected chi connectivity index (χ1v) is 10.6. The monoisotopic (exact) mass is 448 g/mol. The number of nitrogens with zero attached hydrogens (tertiary/aromatic N) is 1. The number of rotatable bonds is 6. The number of halogens is 3. The molecule has 0 aliphatic heterocycles. The van der Waals surface area contributed by atoms with Crippen LogP contribution < -0.4 is 9.62 Å². The van der Waals surface area contributed by atoms with E-state index in [1.165, 1.54) is 12.1 Å². The van der Waals surface area contributed by atoms with Gasteiger partial charge in [-0.25, -0.2) is 8.42 Å². The molecule has 9 heteroatoms. The van der Waals surface area contributed by atoms with Crippen LogP contribution in [0.5, 0.6) is 0 Å². The molecule has 1 N–H and O–H groups in total. The second kappa shape index (κ2) is 8.81. The number of benzene rings is 3. The number of para-hydroxylation sites is 1. The predicted octanol–water partition coefficient (Wildman–Crippen LogP) is 4.85. The zero-order valence-electron chi connectivity index (χ0n) is 16.4. The van der Waals surface area contributed by atoms with E-state index in [1.54, 1.807) is 49.4 Å². The lowest BCUT2D eigenvalue weighted by molar-refractivity contribution is -0.137. The van der Waals surface area contributed by atoms with Crippen molar-refractivity contribution in [2.24, 2.45) is 0 Å². The second-order valence-electron chi connectivity index (χ2n) is 6.73. The van der Waals surface area contributed by atoms with Crippen molar-refractivity contribution in [3.63, 3.8) is 0 Å². The van der Waals surface area contributed by atoms with Crippen LogP contribution in [-0.2, 0) is 21.0 Å². The number of amides is 1. The van der Waals surface area contributed by atoms with Crippen molar-refractivity contribution in [1.82, 2.24) is 0 Å². The third-order valence-corrected chi connectivity index (χ3v) is 6.27. The van der Waals surface area contributed by atoms with Gasteiger partial charge in [-0.1, -0.05) is 36.4 Å². The molecule has 162 valence electrons. The minimum atomic E-state index is -4.49. The molecule has 3 rings (SSSR count). The molecule has 0 heterocycles. The Balaban J connectivity index is 1.89. The fourth-order valence-corrected chi connectivity index (χ4v) is 4.44. The first-order chi connectivity index (χ1) is 14.6. The van der Waals surface area contributed by atoms with Crippen molar-refractivity contribution in [3.8, 4) is 0 Å². The summed E-state index contributed by atoms with van der Waals surface area (Å²) in [6.45, 7) is 1.17.